The minimum absolute atomic E-state index is 0.0105. The third-order valence-electron chi connectivity index (χ3n) is 5.62. The van der Waals surface area contributed by atoms with E-state index in [1.165, 1.54) is 0 Å². The lowest BCUT2D eigenvalue weighted by Crippen LogP contribution is -2.54. The summed E-state index contributed by atoms with van der Waals surface area (Å²) in [7, 11) is 0. The van der Waals surface area contributed by atoms with Crippen LogP contribution in [0, 0.1) is 5.41 Å². The van der Waals surface area contributed by atoms with Gasteiger partial charge in [0.05, 0.1) is 0 Å². The molecule has 0 saturated carbocycles. The van der Waals surface area contributed by atoms with Crippen LogP contribution >= 0.6 is 0 Å². The maximum Gasteiger partial charge on any atom is 0.270 e. The average molecular weight is 352 g/mol. The van der Waals surface area contributed by atoms with Crippen molar-refractivity contribution in [2.75, 3.05) is 19.6 Å². The van der Waals surface area contributed by atoms with Crippen LogP contribution in [0.3, 0.4) is 0 Å². The Labute approximate surface area is 153 Å². The van der Waals surface area contributed by atoms with E-state index in [-0.39, 0.29) is 17.2 Å². The molecule has 1 spiro atoms. The lowest BCUT2D eigenvalue weighted by atomic mass is 9.73. The molecule has 0 aromatic carbocycles. The van der Waals surface area contributed by atoms with Gasteiger partial charge in [0.1, 0.15) is 5.69 Å². The molecule has 2 aliphatic heterocycles. The highest BCUT2D eigenvalue weighted by Gasteiger charge is 2.42. The van der Waals surface area contributed by atoms with Gasteiger partial charge in [-0.1, -0.05) is 6.07 Å². The van der Waals surface area contributed by atoms with Gasteiger partial charge in [-0.25, -0.2) is 0 Å². The molecule has 0 aliphatic carbocycles. The summed E-state index contributed by atoms with van der Waals surface area (Å²) in [6.07, 6.45) is 8.82. The second-order valence-electron chi connectivity index (χ2n) is 7.53. The van der Waals surface area contributed by atoms with Crippen molar-refractivity contribution in [3.05, 3.63) is 54.1 Å². The number of carbonyl (C=O) groups excluding carboxylic acids is 2. The predicted octanol–water partition coefficient (Wildman–Crippen LogP) is 2.45. The number of rotatable bonds is 3. The third kappa shape index (κ3) is 3.36. The molecule has 2 amide bonds. The third-order valence-corrected chi connectivity index (χ3v) is 5.62. The van der Waals surface area contributed by atoms with Crippen LogP contribution in [0.2, 0.25) is 0 Å². The number of carbonyl (C=O) groups is 2. The van der Waals surface area contributed by atoms with E-state index in [1.807, 2.05) is 40.3 Å². The Morgan fingerprint density at radius 3 is 2.92 bits per heavy atom. The molecule has 26 heavy (non-hydrogen) atoms. The number of aromatic nitrogens is 2. The molecule has 0 unspecified atom stereocenters. The van der Waals surface area contributed by atoms with Crippen molar-refractivity contribution in [3.63, 3.8) is 0 Å². The number of H-pyrrole nitrogens is 1. The summed E-state index contributed by atoms with van der Waals surface area (Å²) >= 11 is 0. The summed E-state index contributed by atoms with van der Waals surface area (Å²) in [5.74, 6) is 0.261. The zero-order valence-corrected chi connectivity index (χ0v) is 14.9. The van der Waals surface area contributed by atoms with Crippen LogP contribution in [0.15, 0.2) is 42.9 Å². The fraction of sp³-hybridized carbons (Fsp3) is 0.450. The largest absolute Gasteiger partial charge is 0.357 e. The van der Waals surface area contributed by atoms with E-state index in [9.17, 15) is 9.59 Å². The number of hydrogen-bond donors (Lipinski definition) is 1. The smallest absolute Gasteiger partial charge is 0.270 e. The minimum atomic E-state index is 0.0105. The Balaban J connectivity index is 1.48. The normalized spacial score (nSPS) is 23.5. The SMILES string of the molecule is O=C1CC[C@]2(CCCN(C(=O)c3ccc[nH]3)C2)CN1Cc1cccnc1. The summed E-state index contributed by atoms with van der Waals surface area (Å²) in [5, 5.41) is 0. The Hall–Kier alpha value is -2.63. The highest BCUT2D eigenvalue weighted by atomic mass is 16.2. The van der Waals surface area contributed by atoms with Crippen molar-refractivity contribution in [2.24, 2.45) is 5.41 Å². The van der Waals surface area contributed by atoms with Gasteiger partial charge in [-0.05, 0) is 43.0 Å². The molecule has 6 nitrogen and oxygen atoms in total. The van der Waals surface area contributed by atoms with E-state index in [0.29, 0.717) is 18.7 Å². The number of piperidine rings is 2. The van der Waals surface area contributed by atoms with E-state index in [2.05, 4.69) is 9.97 Å². The number of nitrogens with one attached hydrogen (secondary N) is 1. The summed E-state index contributed by atoms with van der Waals surface area (Å²) in [6.45, 7) is 2.83. The van der Waals surface area contributed by atoms with Crippen molar-refractivity contribution in [1.82, 2.24) is 19.8 Å². The zero-order valence-electron chi connectivity index (χ0n) is 14.9. The number of aromatic amines is 1. The van der Waals surface area contributed by atoms with E-state index in [0.717, 1.165) is 44.5 Å². The van der Waals surface area contributed by atoms with Crippen molar-refractivity contribution in [3.8, 4) is 0 Å². The molecule has 4 rings (SSSR count). The maximum atomic E-state index is 12.7. The molecule has 2 aliphatic rings. The van der Waals surface area contributed by atoms with Crippen LogP contribution in [0.4, 0.5) is 0 Å². The summed E-state index contributed by atoms with van der Waals surface area (Å²) < 4.78 is 0. The van der Waals surface area contributed by atoms with E-state index in [1.54, 1.807) is 12.4 Å². The van der Waals surface area contributed by atoms with Crippen LogP contribution in [-0.2, 0) is 11.3 Å². The molecule has 2 saturated heterocycles. The van der Waals surface area contributed by atoms with Gasteiger partial charge < -0.3 is 14.8 Å². The van der Waals surface area contributed by atoms with Gasteiger partial charge in [0, 0.05) is 56.6 Å². The van der Waals surface area contributed by atoms with Gasteiger partial charge in [-0.15, -0.1) is 0 Å². The lowest BCUT2D eigenvalue weighted by molar-refractivity contribution is -0.139. The monoisotopic (exact) mass is 352 g/mol. The molecule has 136 valence electrons. The van der Waals surface area contributed by atoms with Gasteiger partial charge in [0.15, 0.2) is 0 Å². The molecular weight excluding hydrogens is 328 g/mol. The lowest BCUT2D eigenvalue weighted by Gasteiger charge is -2.48. The van der Waals surface area contributed by atoms with E-state index < -0.39 is 0 Å². The number of hydrogen-bond acceptors (Lipinski definition) is 3. The molecule has 1 atom stereocenters. The molecule has 1 N–H and O–H groups in total. The molecule has 0 bridgehead atoms. The first-order valence-corrected chi connectivity index (χ1v) is 9.25. The van der Waals surface area contributed by atoms with Crippen LogP contribution < -0.4 is 0 Å². The number of pyridine rings is 1. The van der Waals surface area contributed by atoms with Gasteiger partial charge in [0.2, 0.25) is 5.91 Å². The maximum absolute atomic E-state index is 12.7. The number of likely N-dealkylation sites (tertiary alicyclic amines) is 2. The summed E-state index contributed by atoms with van der Waals surface area (Å²) in [5.41, 5.74) is 1.70. The first-order chi connectivity index (χ1) is 12.7. The Bertz CT molecular complexity index is 774. The molecule has 4 heterocycles. The molecule has 2 aromatic rings. The first-order valence-electron chi connectivity index (χ1n) is 9.25. The van der Waals surface area contributed by atoms with Gasteiger partial charge in [0.25, 0.3) is 5.91 Å². The van der Waals surface area contributed by atoms with Crippen molar-refractivity contribution in [1.29, 1.82) is 0 Å². The standard InChI is InChI=1S/C20H24N4O2/c25-18-6-8-20(15-24(18)13-16-4-1-9-21-12-16)7-3-11-23(14-20)19(26)17-5-2-10-22-17/h1-2,4-5,9-10,12,22H,3,6-8,11,13-15H2/t20-/m0/s1. The van der Waals surface area contributed by atoms with Crippen LogP contribution in [0.25, 0.3) is 0 Å². The Morgan fingerprint density at radius 2 is 2.15 bits per heavy atom. The predicted molar refractivity (Wildman–Crippen MR) is 97.3 cm³/mol. The van der Waals surface area contributed by atoms with E-state index in [4.69, 9.17) is 0 Å². The average Bonchev–Trinajstić information content (AvgIpc) is 3.20. The summed E-state index contributed by atoms with van der Waals surface area (Å²) in [4.78, 5) is 36.2. The fourth-order valence-corrected chi connectivity index (χ4v) is 4.31. The molecule has 2 aromatic heterocycles. The number of amides is 2. The summed E-state index contributed by atoms with van der Waals surface area (Å²) in [6, 6.07) is 7.57. The van der Waals surface area contributed by atoms with Gasteiger partial charge in [-0.3, -0.25) is 14.6 Å². The molecule has 2 fully saturated rings. The first kappa shape index (κ1) is 16.8. The van der Waals surface area contributed by atoms with Crippen molar-refractivity contribution in [2.45, 2.75) is 32.2 Å². The Kier molecular flexibility index (Phi) is 4.49. The van der Waals surface area contributed by atoms with Crippen LogP contribution in [0.1, 0.15) is 41.7 Å². The second kappa shape index (κ2) is 6.94. The second-order valence-corrected chi connectivity index (χ2v) is 7.53. The number of nitrogens with zero attached hydrogens (tertiary/aromatic N) is 3. The molecule has 0 radical (unpaired) electrons. The fourth-order valence-electron chi connectivity index (χ4n) is 4.31. The highest BCUT2D eigenvalue weighted by Crippen LogP contribution is 2.39. The highest BCUT2D eigenvalue weighted by molar-refractivity contribution is 5.92. The van der Waals surface area contributed by atoms with Crippen molar-refractivity contribution < 1.29 is 9.59 Å². The minimum Gasteiger partial charge on any atom is -0.357 e. The quantitative estimate of drug-likeness (QED) is 0.922. The zero-order chi connectivity index (χ0) is 18.0. The van der Waals surface area contributed by atoms with Crippen LogP contribution in [-0.4, -0.2) is 51.2 Å². The Morgan fingerprint density at radius 1 is 1.23 bits per heavy atom. The van der Waals surface area contributed by atoms with E-state index >= 15 is 0 Å². The van der Waals surface area contributed by atoms with Gasteiger partial charge >= 0.3 is 0 Å². The van der Waals surface area contributed by atoms with Gasteiger partial charge in [-0.2, -0.15) is 0 Å². The topological polar surface area (TPSA) is 69.3 Å². The van der Waals surface area contributed by atoms with Crippen molar-refractivity contribution >= 4 is 11.8 Å². The van der Waals surface area contributed by atoms with Crippen LogP contribution in [0.5, 0.6) is 0 Å². The molecule has 6 heteroatoms. The molecular formula is C20H24N4O2.